The predicted molar refractivity (Wildman–Crippen MR) is 64.2 cm³/mol. The standard InChI is InChI=1S/C13H18OSi/c1-15(2,3)11-7-10-8-4-5-9(6-8)12(10)13(11)14/h4-5,7-10,12H,6H2,1-3H3/t8-,9+,10?,12?/m1/s1. The number of carbonyl (C=O) groups is 1. The van der Waals surface area contributed by atoms with E-state index in [9.17, 15) is 4.79 Å². The first-order chi connectivity index (χ1) is 6.98. The minimum absolute atomic E-state index is 0.335. The molecule has 0 saturated heterocycles. The van der Waals surface area contributed by atoms with Crippen molar-refractivity contribution >= 4 is 13.9 Å². The van der Waals surface area contributed by atoms with E-state index >= 15 is 0 Å². The zero-order valence-electron chi connectivity index (χ0n) is 9.66. The first kappa shape index (κ1) is 9.58. The Bertz CT molecular complexity index is 386. The molecule has 2 bridgehead atoms. The van der Waals surface area contributed by atoms with Crippen LogP contribution in [-0.2, 0) is 4.79 Å². The van der Waals surface area contributed by atoms with E-state index < -0.39 is 8.07 Å². The molecule has 2 unspecified atom stereocenters. The monoisotopic (exact) mass is 218 g/mol. The fourth-order valence-corrected chi connectivity index (χ4v) is 5.13. The Labute approximate surface area is 92.3 Å². The summed E-state index contributed by atoms with van der Waals surface area (Å²) in [6.07, 6.45) is 8.19. The highest BCUT2D eigenvalue weighted by atomic mass is 28.3. The number of ketones is 1. The number of hydrogen-bond donors (Lipinski definition) is 0. The van der Waals surface area contributed by atoms with E-state index in [2.05, 4.69) is 37.9 Å². The Morgan fingerprint density at radius 1 is 1.20 bits per heavy atom. The summed E-state index contributed by atoms with van der Waals surface area (Å²) < 4.78 is 0. The van der Waals surface area contributed by atoms with Crippen molar-refractivity contribution < 1.29 is 4.79 Å². The summed E-state index contributed by atoms with van der Waals surface area (Å²) in [7, 11) is -1.40. The Balaban J connectivity index is 1.99. The molecule has 0 aromatic carbocycles. The van der Waals surface area contributed by atoms with Crippen LogP contribution in [0.2, 0.25) is 19.6 Å². The Morgan fingerprint density at radius 2 is 1.87 bits per heavy atom. The second-order valence-corrected chi connectivity index (χ2v) is 11.3. The largest absolute Gasteiger partial charge is 0.295 e. The molecule has 15 heavy (non-hydrogen) atoms. The van der Waals surface area contributed by atoms with Gasteiger partial charge in [0.1, 0.15) is 0 Å². The summed E-state index contributed by atoms with van der Waals surface area (Å²) in [4.78, 5) is 12.4. The molecule has 0 N–H and O–H groups in total. The van der Waals surface area contributed by atoms with E-state index in [-0.39, 0.29) is 0 Å². The lowest BCUT2D eigenvalue weighted by molar-refractivity contribution is -0.119. The molecule has 0 radical (unpaired) electrons. The maximum Gasteiger partial charge on any atom is 0.158 e. The van der Waals surface area contributed by atoms with Crippen molar-refractivity contribution in [2.75, 3.05) is 0 Å². The summed E-state index contributed by atoms with van der Waals surface area (Å²) >= 11 is 0. The maximum atomic E-state index is 12.4. The smallest absolute Gasteiger partial charge is 0.158 e. The van der Waals surface area contributed by atoms with Gasteiger partial charge in [-0.2, -0.15) is 0 Å². The number of Topliss-reactive ketones (excluding diaryl/α,β-unsaturated/α-hetero) is 1. The number of fused-ring (bicyclic) bond motifs is 5. The van der Waals surface area contributed by atoms with Crippen molar-refractivity contribution in [1.82, 2.24) is 0 Å². The zero-order valence-corrected chi connectivity index (χ0v) is 10.7. The molecule has 0 aromatic rings. The third-order valence-electron chi connectivity index (χ3n) is 4.26. The number of rotatable bonds is 1. The Hall–Kier alpha value is -0.633. The maximum absolute atomic E-state index is 12.4. The quantitative estimate of drug-likeness (QED) is 0.488. The molecule has 1 fully saturated rings. The van der Waals surface area contributed by atoms with Gasteiger partial charge in [-0.05, 0) is 29.4 Å². The Morgan fingerprint density at radius 3 is 2.47 bits per heavy atom. The molecule has 0 amide bonds. The summed E-state index contributed by atoms with van der Waals surface area (Å²) in [5, 5.41) is 1.22. The predicted octanol–water partition coefficient (Wildman–Crippen LogP) is 2.81. The second-order valence-electron chi connectivity index (χ2n) is 6.25. The third kappa shape index (κ3) is 1.17. The average Bonchev–Trinajstić information content (AvgIpc) is 2.73. The van der Waals surface area contributed by atoms with Gasteiger partial charge >= 0.3 is 0 Å². The zero-order chi connectivity index (χ0) is 10.8. The summed E-state index contributed by atoms with van der Waals surface area (Å²) in [5.41, 5.74) is 0. The first-order valence-electron chi connectivity index (χ1n) is 5.93. The van der Waals surface area contributed by atoms with Crippen molar-refractivity contribution in [3.8, 4) is 0 Å². The van der Waals surface area contributed by atoms with Crippen LogP contribution in [0.5, 0.6) is 0 Å². The second kappa shape index (κ2) is 2.73. The van der Waals surface area contributed by atoms with Gasteiger partial charge in [0.15, 0.2) is 5.78 Å². The lowest BCUT2D eigenvalue weighted by Gasteiger charge is -2.20. The highest BCUT2D eigenvalue weighted by molar-refractivity contribution is 6.87. The fraction of sp³-hybridized carbons (Fsp3) is 0.615. The van der Waals surface area contributed by atoms with E-state index in [4.69, 9.17) is 0 Å². The van der Waals surface area contributed by atoms with Crippen LogP contribution in [0.15, 0.2) is 23.4 Å². The molecule has 0 aliphatic heterocycles. The van der Waals surface area contributed by atoms with Crippen LogP contribution in [-0.4, -0.2) is 13.9 Å². The molecule has 0 spiro atoms. The molecule has 3 rings (SSSR count). The third-order valence-corrected chi connectivity index (χ3v) is 6.28. The van der Waals surface area contributed by atoms with Gasteiger partial charge in [-0.3, -0.25) is 4.79 Å². The van der Waals surface area contributed by atoms with Gasteiger partial charge in [-0.1, -0.05) is 37.9 Å². The average molecular weight is 218 g/mol. The number of hydrogen-bond acceptors (Lipinski definition) is 1. The van der Waals surface area contributed by atoms with E-state index in [1.54, 1.807) is 0 Å². The molecular weight excluding hydrogens is 200 g/mol. The molecule has 80 valence electrons. The molecule has 3 aliphatic carbocycles. The molecule has 0 aromatic heterocycles. The van der Waals surface area contributed by atoms with Crippen LogP contribution in [0.4, 0.5) is 0 Å². The minimum Gasteiger partial charge on any atom is -0.295 e. The summed E-state index contributed by atoms with van der Waals surface area (Å²) in [6, 6.07) is 0. The van der Waals surface area contributed by atoms with Crippen molar-refractivity contribution in [2.24, 2.45) is 23.7 Å². The van der Waals surface area contributed by atoms with Gasteiger partial charge in [0, 0.05) is 5.92 Å². The first-order valence-corrected chi connectivity index (χ1v) is 9.43. The van der Waals surface area contributed by atoms with Crippen LogP contribution in [0.1, 0.15) is 6.42 Å². The van der Waals surface area contributed by atoms with Gasteiger partial charge < -0.3 is 0 Å². The fourth-order valence-electron chi connectivity index (χ4n) is 3.53. The van der Waals surface area contributed by atoms with Crippen molar-refractivity contribution in [1.29, 1.82) is 0 Å². The van der Waals surface area contributed by atoms with Gasteiger partial charge in [-0.15, -0.1) is 0 Å². The van der Waals surface area contributed by atoms with E-state index in [0.29, 0.717) is 29.5 Å². The molecule has 1 nitrogen and oxygen atoms in total. The van der Waals surface area contributed by atoms with Gasteiger partial charge in [-0.25, -0.2) is 0 Å². The van der Waals surface area contributed by atoms with Gasteiger partial charge in [0.25, 0.3) is 0 Å². The van der Waals surface area contributed by atoms with Crippen LogP contribution >= 0.6 is 0 Å². The molecule has 0 heterocycles. The van der Waals surface area contributed by atoms with Crippen molar-refractivity contribution in [3.63, 3.8) is 0 Å². The number of carbonyl (C=O) groups excluding carboxylic acids is 1. The molecule has 1 saturated carbocycles. The molecule has 4 atom stereocenters. The highest BCUT2D eigenvalue weighted by Gasteiger charge is 2.52. The summed E-state index contributed by atoms with van der Waals surface area (Å²) in [5.74, 6) is 2.64. The van der Waals surface area contributed by atoms with Crippen LogP contribution in [0.25, 0.3) is 0 Å². The molecule has 3 aliphatic rings. The lowest BCUT2D eigenvalue weighted by Crippen LogP contribution is -2.31. The lowest BCUT2D eigenvalue weighted by atomic mass is 9.85. The normalized spacial score (nSPS) is 42.3. The van der Waals surface area contributed by atoms with Crippen LogP contribution in [0, 0.1) is 23.7 Å². The summed E-state index contributed by atoms with van der Waals surface area (Å²) in [6.45, 7) is 6.85. The van der Waals surface area contributed by atoms with Gasteiger partial charge in [0.2, 0.25) is 0 Å². The topological polar surface area (TPSA) is 17.1 Å². The van der Waals surface area contributed by atoms with E-state index in [1.165, 1.54) is 11.6 Å². The van der Waals surface area contributed by atoms with E-state index in [0.717, 1.165) is 0 Å². The molecular formula is C13H18OSi. The SMILES string of the molecule is C[Si](C)(C)C1=CC2C(C1=O)[C@H]1C=C[C@@H]2C1. The van der Waals surface area contributed by atoms with Crippen LogP contribution < -0.4 is 0 Å². The number of allylic oxidation sites excluding steroid dienone is 4. The molecule has 2 heteroatoms. The Kier molecular flexibility index (Phi) is 1.74. The van der Waals surface area contributed by atoms with Crippen molar-refractivity contribution in [2.45, 2.75) is 26.1 Å². The van der Waals surface area contributed by atoms with Gasteiger partial charge in [0.05, 0.1) is 8.07 Å². The van der Waals surface area contributed by atoms with Crippen molar-refractivity contribution in [3.05, 3.63) is 23.4 Å². The highest BCUT2D eigenvalue weighted by Crippen LogP contribution is 2.53. The van der Waals surface area contributed by atoms with Crippen LogP contribution in [0.3, 0.4) is 0 Å². The minimum atomic E-state index is -1.40. The van der Waals surface area contributed by atoms with E-state index in [1.807, 2.05) is 0 Å².